The molecule has 0 aliphatic carbocycles. The van der Waals surface area contributed by atoms with E-state index in [4.69, 9.17) is 10.7 Å². The Hall–Kier alpha value is -1.81. The Bertz CT molecular complexity index is 818. The van der Waals surface area contributed by atoms with E-state index in [9.17, 15) is 0 Å². The molecule has 3 rings (SSSR count). The zero-order valence-electron chi connectivity index (χ0n) is 12.4. The number of aromatic nitrogens is 2. The van der Waals surface area contributed by atoms with Crippen molar-refractivity contribution >= 4 is 32.7 Å². The lowest BCUT2D eigenvalue weighted by Gasteiger charge is -2.13. The van der Waals surface area contributed by atoms with Crippen molar-refractivity contribution in [3.05, 3.63) is 46.4 Å². The zero-order chi connectivity index (χ0) is 15.1. The molecule has 0 radical (unpaired) electrons. The molecule has 4 heteroatoms. The molecule has 3 nitrogen and oxygen atoms in total. The molecule has 0 saturated heterocycles. The summed E-state index contributed by atoms with van der Waals surface area (Å²) in [5.74, 6) is 0.978. The number of benzene rings is 2. The van der Waals surface area contributed by atoms with Gasteiger partial charge < -0.3 is 10.3 Å². The molecule has 0 unspecified atom stereocenters. The number of anilines is 1. The van der Waals surface area contributed by atoms with Crippen LogP contribution in [0.4, 0.5) is 5.69 Å². The van der Waals surface area contributed by atoms with Gasteiger partial charge in [0.25, 0.3) is 0 Å². The van der Waals surface area contributed by atoms with Crippen LogP contribution < -0.4 is 5.73 Å². The fourth-order valence-corrected chi connectivity index (χ4v) is 2.98. The fraction of sp³-hybridized carbons (Fsp3) is 0.235. The molecule has 3 aromatic rings. The van der Waals surface area contributed by atoms with Crippen molar-refractivity contribution in [2.45, 2.75) is 26.8 Å². The first-order chi connectivity index (χ1) is 9.97. The number of nitrogen functional groups attached to an aromatic ring is 1. The summed E-state index contributed by atoms with van der Waals surface area (Å²) in [6.07, 6.45) is 0. The van der Waals surface area contributed by atoms with Gasteiger partial charge in [0.1, 0.15) is 5.82 Å². The normalized spacial score (nSPS) is 11.5. The SMILES string of the molecule is Cc1ccc2c(c1)nc(-c1ccc(N)c(Br)c1)n2C(C)C. The Labute approximate surface area is 132 Å². The highest BCUT2D eigenvalue weighted by atomic mass is 79.9. The number of hydrogen-bond acceptors (Lipinski definition) is 2. The maximum atomic E-state index is 5.89. The van der Waals surface area contributed by atoms with Gasteiger partial charge >= 0.3 is 0 Å². The summed E-state index contributed by atoms with van der Waals surface area (Å²) < 4.78 is 3.17. The van der Waals surface area contributed by atoms with Gasteiger partial charge in [0.15, 0.2) is 0 Å². The van der Waals surface area contributed by atoms with Crippen molar-refractivity contribution in [3.63, 3.8) is 0 Å². The number of rotatable bonds is 2. The summed E-state index contributed by atoms with van der Waals surface area (Å²) in [6, 6.07) is 12.7. The van der Waals surface area contributed by atoms with E-state index in [-0.39, 0.29) is 0 Å². The van der Waals surface area contributed by atoms with Gasteiger partial charge in [-0.3, -0.25) is 0 Å². The summed E-state index contributed by atoms with van der Waals surface area (Å²) in [4.78, 5) is 4.84. The van der Waals surface area contributed by atoms with E-state index in [1.54, 1.807) is 0 Å². The third-order valence-electron chi connectivity index (χ3n) is 3.62. The van der Waals surface area contributed by atoms with Crippen LogP contribution in [-0.4, -0.2) is 9.55 Å². The molecule has 1 aromatic heterocycles. The Morgan fingerprint density at radius 3 is 2.57 bits per heavy atom. The van der Waals surface area contributed by atoms with E-state index >= 15 is 0 Å². The lowest BCUT2D eigenvalue weighted by molar-refractivity contribution is 0.624. The first-order valence-electron chi connectivity index (χ1n) is 7.01. The third kappa shape index (κ3) is 2.44. The van der Waals surface area contributed by atoms with Gasteiger partial charge in [-0.1, -0.05) is 6.07 Å². The standard InChI is InChI=1S/C17H18BrN3/c1-10(2)21-16-7-4-11(3)8-15(16)20-17(21)12-5-6-14(19)13(18)9-12/h4-10H,19H2,1-3H3. The third-order valence-corrected chi connectivity index (χ3v) is 4.31. The minimum atomic E-state index is 0.337. The van der Waals surface area contributed by atoms with Crippen LogP contribution in [0, 0.1) is 6.92 Å². The predicted octanol–water partition coefficient (Wildman–Crippen LogP) is 4.94. The molecule has 0 spiro atoms. The molecule has 2 aromatic carbocycles. The summed E-state index contributed by atoms with van der Waals surface area (Å²) in [6.45, 7) is 6.45. The van der Waals surface area contributed by atoms with Crippen LogP contribution in [0.5, 0.6) is 0 Å². The van der Waals surface area contributed by atoms with E-state index in [0.29, 0.717) is 6.04 Å². The topological polar surface area (TPSA) is 43.8 Å². The second-order valence-corrected chi connectivity index (χ2v) is 6.48. The summed E-state index contributed by atoms with van der Waals surface area (Å²) in [7, 11) is 0. The van der Waals surface area contributed by atoms with E-state index in [0.717, 1.165) is 27.1 Å². The van der Waals surface area contributed by atoms with Crippen LogP contribution in [0.15, 0.2) is 40.9 Å². The number of aryl methyl sites for hydroxylation is 1. The summed E-state index contributed by atoms with van der Waals surface area (Å²) >= 11 is 3.50. The van der Waals surface area contributed by atoms with Crippen LogP contribution in [0.25, 0.3) is 22.4 Å². The largest absolute Gasteiger partial charge is 0.398 e. The Morgan fingerprint density at radius 1 is 1.14 bits per heavy atom. The van der Waals surface area contributed by atoms with E-state index in [1.807, 2.05) is 18.2 Å². The smallest absolute Gasteiger partial charge is 0.141 e. The van der Waals surface area contributed by atoms with Crippen molar-refractivity contribution in [2.24, 2.45) is 0 Å². The van der Waals surface area contributed by atoms with Crippen molar-refractivity contribution in [2.75, 3.05) is 5.73 Å². The van der Waals surface area contributed by atoms with Gasteiger partial charge in [-0.05, 0) is 72.6 Å². The van der Waals surface area contributed by atoms with Crippen LogP contribution in [0.1, 0.15) is 25.5 Å². The number of halogens is 1. The number of nitrogens with zero attached hydrogens (tertiary/aromatic N) is 2. The second kappa shape index (κ2) is 5.19. The first-order valence-corrected chi connectivity index (χ1v) is 7.80. The number of imidazole rings is 1. The van der Waals surface area contributed by atoms with Crippen molar-refractivity contribution in [3.8, 4) is 11.4 Å². The average Bonchev–Trinajstić information content (AvgIpc) is 2.80. The maximum absolute atomic E-state index is 5.89. The maximum Gasteiger partial charge on any atom is 0.141 e. The molecular formula is C17H18BrN3. The molecule has 0 amide bonds. The van der Waals surface area contributed by atoms with E-state index in [2.05, 4.69) is 59.5 Å². The monoisotopic (exact) mass is 343 g/mol. The molecular weight excluding hydrogens is 326 g/mol. The Kier molecular flexibility index (Phi) is 3.49. The van der Waals surface area contributed by atoms with Gasteiger partial charge in [0, 0.05) is 21.8 Å². The van der Waals surface area contributed by atoms with Gasteiger partial charge in [-0.2, -0.15) is 0 Å². The minimum absolute atomic E-state index is 0.337. The first kappa shape index (κ1) is 14.1. The molecule has 21 heavy (non-hydrogen) atoms. The molecule has 0 atom stereocenters. The molecule has 0 aliphatic rings. The predicted molar refractivity (Wildman–Crippen MR) is 92.4 cm³/mol. The van der Waals surface area contributed by atoms with Crippen molar-refractivity contribution in [1.29, 1.82) is 0 Å². The van der Waals surface area contributed by atoms with Crippen LogP contribution >= 0.6 is 15.9 Å². The summed E-state index contributed by atoms with van der Waals surface area (Å²) in [5.41, 5.74) is 11.1. The number of fused-ring (bicyclic) bond motifs is 1. The minimum Gasteiger partial charge on any atom is -0.398 e. The quantitative estimate of drug-likeness (QED) is 0.670. The van der Waals surface area contributed by atoms with Crippen molar-refractivity contribution < 1.29 is 0 Å². The van der Waals surface area contributed by atoms with Crippen molar-refractivity contribution in [1.82, 2.24) is 9.55 Å². The van der Waals surface area contributed by atoms with Gasteiger partial charge in [-0.15, -0.1) is 0 Å². The molecule has 2 N–H and O–H groups in total. The molecule has 1 heterocycles. The zero-order valence-corrected chi connectivity index (χ0v) is 14.0. The van der Waals surface area contributed by atoms with Crippen LogP contribution in [0.3, 0.4) is 0 Å². The molecule has 0 saturated carbocycles. The highest BCUT2D eigenvalue weighted by Crippen LogP contribution is 2.31. The van der Waals surface area contributed by atoms with Crippen LogP contribution in [-0.2, 0) is 0 Å². The van der Waals surface area contributed by atoms with Crippen LogP contribution in [0.2, 0.25) is 0 Å². The average molecular weight is 344 g/mol. The Balaban J connectivity index is 2.30. The Morgan fingerprint density at radius 2 is 1.90 bits per heavy atom. The molecule has 0 fully saturated rings. The van der Waals surface area contributed by atoms with E-state index < -0.39 is 0 Å². The number of nitrogens with two attached hydrogens (primary N) is 1. The second-order valence-electron chi connectivity index (χ2n) is 5.63. The lowest BCUT2D eigenvalue weighted by Crippen LogP contribution is -2.03. The van der Waals surface area contributed by atoms with E-state index in [1.165, 1.54) is 11.1 Å². The molecule has 0 aliphatic heterocycles. The van der Waals surface area contributed by atoms with Gasteiger partial charge in [0.2, 0.25) is 0 Å². The van der Waals surface area contributed by atoms with Gasteiger partial charge in [-0.25, -0.2) is 4.98 Å². The molecule has 108 valence electrons. The highest BCUT2D eigenvalue weighted by molar-refractivity contribution is 9.10. The molecule has 0 bridgehead atoms. The fourth-order valence-electron chi connectivity index (χ4n) is 2.60. The lowest BCUT2D eigenvalue weighted by atomic mass is 10.2. The highest BCUT2D eigenvalue weighted by Gasteiger charge is 2.15. The van der Waals surface area contributed by atoms with Gasteiger partial charge in [0.05, 0.1) is 11.0 Å². The summed E-state index contributed by atoms with van der Waals surface area (Å²) in [5, 5.41) is 0. The number of hydrogen-bond donors (Lipinski definition) is 1.